The van der Waals surface area contributed by atoms with Gasteiger partial charge in [-0.2, -0.15) is 0 Å². The number of hydrogen-bond donors (Lipinski definition) is 2. The quantitative estimate of drug-likeness (QED) is 0.323. The first-order chi connectivity index (χ1) is 2.64. The van der Waals surface area contributed by atoms with Crippen LogP contribution in [0.15, 0.2) is 0 Å². The van der Waals surface area contributed by atoms with E-state index in [0.29, 0.717) is 0 Å². The molecule has 0 saturated heterocycles. The van der Waals surface area contributed by atoms with E-state index in [2.05, 4.69) is 11.5 Å². The molecule has 0 heterocycles. The molecule has 0 saturated carbocycles. The Hall–Kier alpha value is -1.10. The SMILES string of the molecule is NC(=O)C(N)=O.O. The first-order valence-electron chi connectivity index (χ1n) is 1.24. The molecule has 0 atom stereocenters. The summed E-state index contributed by atoms with van der Waals surface area (Å²) in [6, 6.07) is 0. The lowest BCUT2D eigenvalue weighted by Gasteiger charge is -1.75. The van der Waals surface area contributed by atoms with Crippen LogP contribution in [-0.4, -0.2) is 17.3 Å². The average molecular weight is 106 g/mol. The zero-order valence-electron chi connectivity index (χ0n) is 3.47. The van der Waals surface area contributed by atoms with Gasteiger partial charge in [-0.15, -0.1) is 0 Å². The molecule has 0 unspecified atom stereocenters. The molecule has 0 aromatic carbocycles. The van der Waals surface area contributed by atoms with Crippen LogP contribution in [-0.2, 0) is 9.59 Å². The van der Waals surface area contributed by atoms with Crippen LogP contribution in [0.3, 0.4) is 0 Å². The fourth-order valence-electron chi connectivity index (χ4n) is 0. The summed E-state index contributed by atoms with van der Waals surface area (Å²) in [4.78, 5) is 18.9. The molecule has 5 nitrogen and oxygen atoms in total. The highest BCUT2D eigenvalue weighted by molar-refractivity contribution is 6.33. The van der Waals surface area contributed by atoms with Crippen LogP contribution >= 0.6 is 0 Å². The van der Waals surface area contributed by atoms with Gasteiger partial charge >= 0.3 is 11.8 Å². The van der Waals surface area contributed by atoms with Crippen molar-refractivity contribution in [3.05, 3.63) is 0 Å². The second kappa shape index (κ2) is 3.10. The number of primary amides is 2. The third kappa shape index (κ3) is 4.90. The summed E-state index contributed by atoms with van der Waals surface area (Å²) in [5.74, 6) is -2.20. The van der Waals surface area contributed by atoms with E-state index in [1.165, 1.54) is 0 Å². The minimum absolute atomic E-state index is 0. The largest absolute Gasteiger partial charge is 0.412 e. The molecule has 0 aromatic heterocycles. The van der Waals surface area contributed by atoms with E-state index in [1.807, 2.05) is 0 Å². The molecule has 0 spiro atoms. The van der Waals surface area contributed by atoms with E-state index in [-0.39, 0.29) is 5.48 Å². The minimum atomic E-state index is -1.10. The normalized spacial score (nSPS) is 6.29. The number of carbonyl (C=O) groups excluding carboxylic acids is 2. The predicted octanol–water partition coefficient (Wildman–Crippen LogP) is -2.87. The Morgan fingerprint density at radius 1 is 1.00 bits per heavy atom. The Morgan fingerprint density at radius 2 is 1.14 bits per heavy atom. The Bertz CT molecular complexity index is 76.9. The molecule has 0 rings (SSSR count). The highest BCUT2D eigenvalue weighted by Gasteiger charge is 1.96. The molecule has 7 heavy (non-hydrogen) atoms. The van der Waals surface area contributed by atoms with Crippen molar-refractivity contribution in [2.24, 2.45) is 11.5 Å². The molecule has 0 aliphatic heterocycles. The number of carbonyl (C=O) groups is 2. The summed E-state index contributed by atoms with van der Waals surface area (Å²) in [5, 5.41) is 0. The lowest BCUT2D eigenvalue weighted by molar-refractivity contribution is -0.135. The van der Waals surface area contributed by atoms with Crippen molar-refractivity contribution in [1.82, 2.24) is 0 Å². The van der Waals surface area contributed by atoms with Crippen LogP contribution in [0, 0.1) is 0 Å². The Kier molecular flexibility index (Phi) is 4.13. The highest BCUT2D eigenvalue weighted by atomic mass is 16.2. The van der Waals surface area contributed by atoms with Gasteiger partial charge in [0, 0.05) is 0 Å². The van der Waals surface area contributed by atoms with E-state index in [0.717, 1.165) is 0 Å². The number of hydrogen-bond acceptors (Lipinski definition) is 2. The van der Waals surface area contributed by atoms with Crippen LogP contribution in [0.1, 0.15) is 0 Å². The van der Waals surface area contributed by atoms with Gasteiger partial charge in [-0.05, 0) is 0 Å². The van der Waals surface area contributed by atoms with Gasteiger partial charge in [0.05, 0.1) is 0 Å². The van der Waals surface area contributed by atoms with Crippen molar-refractivity contribution in [3.8, 4) is 0 Å². The van der Waals surface area contributed by atoms with Crippen molar-refractivity contribution < 1.29 is 15.1 Å². The first kappa shape index (κ1) is 9.31. The molecule has 6 N–H and O–H groups in total. The van der Waals surface area contributed by atoms with Crippen LogP contribution in [0.25, 0.3) is 0 Å². The summed E-state index contributed by atoms with van der Waals surface area (Å²) in [7, 11) is 0. The van der Waals surface area contributed by atoms with Crippen molar-refractivity contribution in [2.45, 2.75) is 0 Å². The van der Waals surface area contributed by atoms with Crippen LogP contribution in [0.4, 0.5) is 0 Å². The van der Waals surface area contributed by atoms with Gasteiger partial charge in [-0.3, -0.25) is 9.59 Å². The second-order valence-electron chi connectivity index (χ2n) is 0.729. The molecule has 2 amide bonds. The number of rotatable bonds is 0. The van der Waals surface area contributed by atoms with Gasteiger partial charge in [-0.25, -0.2) is 0 Å². The molecule has 5 heteroatoms. The fourth-order valence-corrected chi connectivity index (χ4v) is 0. The van der Waals surface area contributed by atoms with Gasteiger partial charge in [0.25, 0.3) is 0 Å². The summed E-state index contributed by atoms with van der Waals surface area (Å²) in [6.07, 6.45) is 0. The maximum absolute atomic E-state index is 9.45. The van der Waals surface area contributed by atoms with Gasteiger partial charge in [0.2, 0.25) is 0 Å². The zero-order valence-corrected chi connectivity index (χ0v) is 3.47. The van der Waals surface area contributed by atoms with E-state index < -0.39 is 11.8 Å². The molecule has 0 bridgehead atoms. The molecule has 0 fully saturated rings. The third-order valence-electron chi connectivity index (χ3n) is 0.243. The van der Waals surface area contributed by atoms with Crippen molar-refractivity contribution in [2.75, 3.05) is 0 Å². The average Bonchev–Trinajstić information content (AvgIpc) is 1.36. The van der Waals surface area contributed by atoms with Gasteiger partial charge in [0.1, 0.15) is 0 Å². The molecule has 0 aliphatic carbocycles. The highest BCUT2D eigenvalue weighted by Crippen LogP contribution is 1.44. The summed E-state index contributed by atoms with van der Waals surface area (Å²) < 4.78 is 0. The Balaban J connectivity index is 0. The lowest BCUT2D eigenvalue weighted by Crippen LogP contribution is -2.29. The van der Waals surface area contributed by atoms with Gasteiger partial charge < -0.3 is 16.9 Å². The summed E-state index contributed by atoms with van der Waals surface area (Å²) in [5.41, 5.74) is 8.64. The van der Waals surface area contributed by atoms with E-state index in [9.17, 15) is 9.59 Å². The standard InChI is InChI=1S/C2H4N2O2.H2O/c3-1(5)2(4)6;/h(H2,3,5)(H2,4,6);1H2. The molecule has 42 valence electrons. The molecule has 0 aromatic rings. The maximum Gasteiger partial charge on any atom is 0.306 e. The van der Waals surface area contributed by atoms with Crippen LogP contribution in [0.5, 0.6) is 0 Å². The first-order valence-corrected chi connectivity index (χ1v) is 1.24. The number of amides is 2. The third-order valence-corrected chi connectivity index (χ3v) is 0.243. The van der Waals surface area contributed by atoms with Crippen LogP contribution < -0.4 is 11.5 Å². The van der Waals surface area contributed by atoms with Gasteiger partial charge in [-0.1, -0.05) is 0 Å². The molecular weight excluding hydrogens is 100 g/mol. The summed E-state index contributed by atoms with van der Waals surface area (Å²) >= 11 is 0. The van der Waals surface area contributed by atoms with Crippen molar-refractivity contribution in [1.29, 1.82) is 0 Å². The summed E-state index contributed by atoms with van der Waals surface area (Å²) in [6.45, 7) is 0. The number of nitrogens with two attached hydrogens (primary N) is 2. The maximum atomic E-state index is 9.45. The molecule has 0 radical (unpaired) electrons. The van der Waals surface area contributed by atoms with Crippen LogP contribution in [0.2, 0.25) is 0 Å². The molecule has 0 aliphatic rings. The monoisotopic (exact) mass is 106 g/mol. The van der Waals surface area contributed by atoms with E-state index in [4.69, 9.17) is 0 Å². The van der Waals surface area contributed by atoms with Crippen molar-refractivity contribution >= 4 is 11.8 Å². The van der Waals surface area contributed by atoms with E-state index in [1.54, 1.807) is 0 Å². The van der Waals surface area contributed by atoms with E-state index >= 15 is 0 Å². The Morgan fingerprint density at radius 3 is 1.14 bits per heavy atom. The predicted molar refractivity (Wildman–Crippen MR) is 22.0 cm³/mol. The molecular formula is C2H6N2O3. The smallest absolute Gasteiger partial charge is 0.306 e. The Labute approximate surface area is 39.6 Å². The minimum Gasteiger partial charge on any atom is -0.412 e. The fraction of sp³-hybridized carbons (Fsp3) is 0. The lowest BCUT2D eigenvalue weighted by atomic mass is 10.6. The van der Waals surface area contributed by atoms with Gasteiger partial charge in [0.15, 0.2) is 0 Å². The van der Waals surface area contributed by atoms with Crippen molar-refractivity contribution in [3.63, 3.8) is 0 Å². The zero-order chi connectivity index (χ0) is 5.15. The second-order valence-corrected chi connectivity index (χ2v) is 0.729. The topological polar surface area (TPSA) is 118 Å².